The molecular weight excluding hydrogens is 158 g/mol. The fourth-order valence-corrected chi connectivity index (χ4v) is 1.20. The Balaban J connectivity index is 0.000000281. The van der Waals surface area contributed by atoms with E-state index in [2.05, 4.69) is 15.0 Å². The first-order valence-corrected chi connectivity index (χ1v) is 4.35. The normalized spacial score (nSPS) is 8.91. The smallest absolute Gasteiger partial charge is 0.189 e. The summed E-state index contributed by atoms with van der Waals surface area (Å²) in [5, 5.41) is 0. The molecule has 0 fully saturated rings. The van der Waals surface area contributed by atoms with Gasteiger partial charge in [-0.05, 0) is 0 Å². The molecule has 58 valence electrons. The van der Waals surface area contributed by atoms with Crippen molar-refractivity contribution in [1.82, 2.24) is 15.0 Å². The molecule has 0 saturated carbocycles. The Morgan fingerprint density at radius 1 is 1.09 bits per heavy atom. The molecule has 2 aromatic rings. The molecule has 11 heavy (non-hydrogen) atoms. The van der Waals surface area contributed by atoms with Crippen molar-refractivity contribution < 1.29 is 0 Å². The van der Waals surface area contributed by atoms with Crippen molar-refractivity contribution in [3.8, 4) is 0 Å². The summed E-state index contributed by atoms with van der Waals surface area (Å²) in [6, 6.07) is 0. The standard InChI is InChI=1S/C5H3N3S.C2H6/c1-2-7-5-4(6-1)8-3-9-5;1-2/h1-3H;1-2H3. The summed E-state index contributed by atoms with van der Waals surface area (Å²) in [6.45, 7) is 4.00. The Morgan fingerprint density at radius 3 is 2.55 bits per heavy atom. The van der Waals surface area contributed by atoms with Gasteiger partial charge >= 0.3 is 0 Å². The molecule has 2 heterocycles. The number of rotatable bonds is 0. The van der Waals surface area contributed by atoms with Gasteiger partial charge in [-0.15, -0.1) is 11.3 Å². The lowest BCUT2D eigenvalue weighted by Gasteiger charge is -1.79. The molecule has 0 radical (unpaired) electrons. The second-order valence-corrected chi connectivity index (χ2v) is 2.37. The van der Waals surface area contributed by atoms with Crippen LogP contribution in [0.5, 0.6) is 0 Å². The minimum absolute atomic E-state index is 0.738. The predicted octanol–water partition coefficient (Wildman–Crippen LogP) is 2.11. The van der Waals surface area contributed by atoms with Gasteiger partial charge < -0.3 is 0 Å². The highest BCUT2D eigenvalue weighted by Crippen LogP contribution is 2.09. The van der Waals surface area contributed by atoms with Crippen LogP contribution in [0.15, 0.2) is 17.9 Å². The van der Waals surface area contributed by atoms with Crippen LogP contribution < -0.4 is 0 Å². The van der Waals surface area contributed by atoms with E-state index < -0.39 is 0 Å². The first-order valence-electron chi connectivity index (χ1n) is 3.47. The predicted molar refractivity (Wildman–Crippen MR) is 46.6 cm³/mol. The number of fused-ring (bicyclic) bond motifs is 1. The highest BCUT2D eigenvalue weighted by molar-refractivity contribution is 7.16. The third-order valence-corrected chi connectivity index (χ3v) is 1.71. The Bertz CT molecular complexity index is 288. The van der Waals surface area contributed by atoms with Crippen LogP contribution in [0.3, 0.4) is 0 Å². The number of nitrogens with zero attached hydrogens (tertiary/aromatic N) is 3. The molecule has 0 aliphatic rings. The van der Waals surface area contributed by atoms with Crippen LogP contribution in [0.25, 0.3) is 10.5 Å². The van der Waals surface area contributed by atoms with E-state index in [1.54, 1.807) is 17.9 Å². The summed E-state index contributed by atoms with van der Waals surface area (Å²) in [5.41, 5.74) is 2.48. The van der Waals surface area contributed by atoms with Crippen LogP contribution in [-0.2, 0) is 0 Å². The monoisotopic (exact) mass is 167 g/mol. The van der Waals surface area contributed by atoms with Crippen LogP contribution in [0, 0.1) is 0 Å². The largest absolute Gasteiger partial charge is 0.240 e. The molecule has 0 atom stereocenters. The van der Waals surface area contributed by atoms with Gasteiger partial charge in [-0.3, -0.25) is 0 Å². The Labute approximate surface area is 69.1 Å². The molecule has 0 spiro atoms. The quantitative estimate of drug-likeness (QED) is 0.603. The molecule has 2 rings (SSSR count). The maximum atomic E-state index is 4.03. The summed E-state index contributed by atoms with van der Waals surface area (Å²) in [7, 11) is 0. The minimum atomic E-state index is 0.738. The number of aromatic nitrogens is 3. The molecule has 3 nitrogen and oxygen atoms in total. The van der Waals surface area contributed by atoms with E-state index in [0.717, 1.165) is 10.5 Å². The lowest BCUT2D eigenvalue weighted by atomic mass is 10.7. The number of thiazole rings is 1. The third kappa shape index (κ3) is 1.71. The van der Waals surface area contributed by atoms with E-state index in [4.69, 9.17) is 0 Å². The molecule has 0 aliphatic carbocycles. The minimum Gasteiger partial charge on any atom is -0.240 e. The van der Waals surface area contributed by atoms with Crippen LogP contribution >= 0.6 is 11.3 Å². The second kappa shape index (κ2) is 3.98. The molecule has 0 unspecified atom stereocenters. The summed E-state index contributed by atoms with van der Waals surface area (Å²) in [5.74, 6) is 0. The lowest BCUT2D eigenvalue weighted by molar-refractivity contribution is 1.26. The Kier molecular flexibility index (Phi) is 2.92. The van der Waals surface area contributed by atoms with Gasteiger partial charge in [0, 0.05) is 12.4 Å². The first kappa shape index (κ1) is 8.07. The molecule has 4 heteroatoms. The van der Waals surface area contributed by atoms with Crippen molar-refractivity contribution in [1.29, 1.82) is 0 Å². The summed E-state index contributed by atoms with van der Waals surface area (Å²) in [4.78, 5) is 12.9. The van der Waals surface area contributed by atoms with Crippen molar-refractivity contribution in [3.05, 3.63) is 17.9 Å². The zero-order valence-corrected chi connectivity index (χ0v) is 7.30. The van der Waals surface area contributed by atoms with Crippen LogP contribution in [-0.4, -0.2) is 15.0 Å². The van der Waals surface area contributed by atoms with Crippen molar-refractivity contribution in [2.75, 3.05) is 0 Å². The molecule has 0 bridgehead atoms. The zero-order chi connectivity index (χ0) is 8.10. The van der Waals surface area contributed by atoms with Crippen molar-refractivity contribution >= 4 is 21.8 Å². The molecule has 0 amide bonds. The maximum absolute atomic E-state index is 4.03. The lowest BCUT2D eigenvalue weighted by Crippen LogP contribution is -1.75. The van der Waals surface area contributed by atoms with E-state index in [0.29, 0.717) is 0 Å². The average molecular weight is 167 g/mol. The maximum Gasteiger partial charge on any atom is 0.189 e. The summed E-state index contributed by atoms with van der Waals surface area (Å²) < 4.78 is 0. The molecule has 0 N–H and O–H groups in total. The molecule has 0 saturated heterocycles. The van der Waals surface area contributed by atoms with E-state index in [1.807, 2.05) is 13.8 Å². The fourth-order valence-electron chi connectivity index (χ4n) is 0.616. The van der Waals surface area contributed by atoms with Gasteiger partial charge in [0.15, 0.2) is 10.5 Å². The topological polar surface area (TPSA) is 38.7 Å². The molecular formula is C7H9N3S. The summed E-state index contributed by atoms with van der Waals surface area (Å²) in [6.07, 6.45) is 3.31. The van der Waals surface area contributed by atoms with Gasteiger partial charge in [0.1, 0.15) is 0 Å². The highest BCUT2D eigenvalue weighted by atomic mass is 32.1. The number of hydrogen-bond donors (Lipinski definition) is 0. The van der Waals surface area contributed by atoms with E-state index in [9.17, 15) is 0 Å². The van der Waals surface area contributed by atoms with Crippen molar-refractivity contribution in [3.63, 3.8) is 0 Å². The van der Waals surface area contributed by atoms with E-state index >= 15 is 0 Å². The highest BCUT2D eigenvalue weighted by Gasteiger charge is 1.93. The van der Waals surface area contributed by atoms with Gasteiger partial charge in [-0.2, -0.15) is 0 Å². The van der Waals surface area contributed by atoms with Crippen LogP contribution in [0.4, 0.5) is 0 Å². The first-order chi connectivity index (χ1) is 5.47. The zero-order valence-electron chi connectivity index (χ0n) is 6.48. The second-order valence-electron chi connectivity index (χ2n) is 1.54. The van der Waals surface area contributed by atoms with Crippen molar-refractivity contribution in [2.45, 2.75) is 13.8 Å². The Morgan fingerprint density at radius 2 is 1.82 bits per heavy atom. The molecule has 2 aromatic heterocycles. The van der Waals surface area contributed by atoms with Gasteiger partial charge in [0.25, 0.3) is 0 Å². The summed E-state index contributed by atoms with van der Waals surface area (Å²) >= 11 is 1.50. The van der Waals surface area contributed by atoms with E-state index in [1.165, 1.54) is 11.3 Å². The van der Waals surface area contributed by atoms with Gasteiger partial charge in [0.2, 0.25) is 0 Å². The fraction of sp³-hybridized carbons (Fsp3) is 0.286. The third-order valence-electron chi connectivity index (χ3n) is 0.986. The van der Waals surface area contributed by atoms with Gasteiger partial charge in [-0.1, -0.05) is 13.8 Å². The average Bonchev–Trinajstić information content (AvgIpc) is 2.55. The van der Waals surface area contributed by atoms with E-state index in [-0.39, 0.29) is 0 Å². The molecule has 0 aliphatic heterocycles. The van der Waals surface area contributed by atoms with Crippen molar-refractivity contribution in [2.24, 2.45) is 0 Å². The molecule has 0 aromatic carbocycles. The Hall–Kier alpha value is -1.03. The van der Waals surface area contributed by atoms with Gasteiger partial charge in [0.05, 0.1) is 5.51 Å². The van der Waals surface area contributed by atoms with Gasteiger partial charge in [-0.25, -0.2) is 15.0 Å². The number of hydrogen-bond acceptors (Lipinski definition) is 4. The van der Waals surface area contributed by atoms with Crippen LogP contribution in [0.2, 0.25) is 0 Å². The SMILES string of the molecule is CC.c1cnc2scnc2n1. The van der Waals surface area contributed by atoms with Crippen LogP contribution in [0.1, 0.15) is 13.8 Å².